The maximum Gasteiger partial charge on any atom is 0.281 e. The minimum Gasteiger partial charge on any atom is -0.363 e. The number of aromatic nitrogens is 2. The van der Waals surface area contributed by atoms with Crippen LogP contribution in [0.2, 0.25) is 0 Å². The molecule has 2 amide bonds. The van der Waals surface area contributed by atoms with Crippen LogP contribution in [-0.2, 0) is 9.59 Å². The fourth-order valence-corrected chi connectivity index (χ4v) is 3.39. The molecule has 1 aromatic carbocycles. The number of benzene rings is 1. The van der Waals surface area contributed by atoms with Gasteiger partial charge in [-0.1, -0.05) is 15.9 Å². The number of rotatable bonds is 3. The van der Waals surface area contributed by atoms with Crippen LogP contribution >= 0.6 is 15.9 Å². The van der Waals surface area contributed by atoms with Crippen molar-refractivity contribution in [2.24, 2.45) is 0 Å². The highest BCUT2D eigenvalue weighted by molar-refractivity contribution is 9.10. The lowest BCUT2D eigenvalue weighted by Gasteiger charge is -2.36. The number of anilines is 2. The van der Waals surface area contributed by atoms with Crippen LogP contribution in [0.25, 0.3) is 0 Å². The van der Waals surface area contributed by atoms with Crippen LogP contribution in [0, 0.1) is 0 Å². The standard InChI is InChI=1S/C18H16BrN5O2/c19-13-2-4-14(5-3-13)24-16(25)12-15(17(24)26)22-8-10-23(11-9-22)18-20-6-1-7-21-18/h1-7,12H,8-11H2. The molecule has 0 radical (unpaired) electrons. The van der Waals surface area contributed by atoms with Crippen molar-refractivity contribution < 1.29 is 9.59 Å². The third kappa shape index (κ3) is 3.08. The van der Waals surface area contributed by atoms with Gasteiger partial charge in [0.05, 0.1) is 5.69 Å². The molecule has 0 bridgehead atoms. The van der Waals surface area contributed by atoms with Crippen LogP contribution in [0.3, 0.4) is 0 Å². The summed E-state index contributed by atoms with van der Waals surface area (Å²) in [4.78, 5) is 38.9. The molecule has 2 aromatic rings. The lowest BCUT2D eigenvalue weighted by Crippen LogP contribution is -2.48. The lowest BCUT2D eigenvalue weighted by atomic mass is 10.2. The van der Waals surface area contributed by atoms with Crippen molar-refractivity contribution in [1.82, 2.24) is 14.9 Å². The van der Waals surface area contributed by atoms with E-state index >= 15 is 0 Å². The number of hydrogen-bond acceptors (Lipinski definition) is 6. The van der Waals surface area contributed by atoms with Gasteiger partial charge in [0, 0.05) is 49.1 Å². The third-order valence-corrected chi connectivity index (χ3v) is 4.97. The first-order valence-electron chi connectivity index (χ1n) is 8.26. The summed E-state index contributed by atoms with van der Waals surface area (Å²) in [5.74, 6) is 0.106. The molecule has 26 heavy (non-hydrogen) atoms. The third-order valence-electron chi connectivity index (χ3n) is 4.44. The zero-order valence-electron chi connectivity index (χ0n) is 13.9. The van der Waals surface area contributed by atoms with Crippen molar-refractivity contribution in [3.8, 4) is 0 Å². The van der Waals surface area contributed by atoms with Crippen LogP contribution < -0.4 is 9.80 Å². The molecule has 4 rings (SSSR count). The van der Waals surface area contributed by atoms with Gasteiger partial charge in [0.2, 0.25) is 5.95 Å². The molecule has 1 saturated heterocycles. The molecule has 0 N–H and O–H groups in total. The first-order chi connectivity index (χ1) is 12.6. The van der Waals surface area contributed by atoms with Crippen LogP contribution in [-0.4, -0.2) is 52.9 Å². The Bertz CT molecular complexity index is 861. The summed E-state index contributed by atoms with van der Waals surface area (Å²) in [7, 11) is 0. The Labute approximate surface area is 159 Å². The predicted molar refractivity (Wildman–Crippen MR) is 101 cm³/mol. The van der Waals surface area contributed by atoms with Crippen molar-refractivity contribution in [2.75, 3.05) is 36.0 Å². The highest BCUT2D eigenvalue weighted by Gasteiger charge is 2.36. The first kappa shape index (κ1) is 16.7. The Kier molecular flexibility index (Phi) is 4.42. The first-order valence-corrected chi connectivity index (χ1v) is 9.05. The molecule has 132 valence electrons. The summed E-state index contributed by atoms with van der Waals surface area (Å²) in [5.41, 5.74) is 1.03. The Morgan fingerprint density at radius 1 is 0.885 bits per heavy atom. The van der Waals surface area contributed by atoms with Gasteiger partial charge in [-0.05, 0) is 30.3 Å². The lowest BCUT2D eigenvalue weighted by molar-refractivity contribution is -0.120. The minimum atomic E-state index is -0.304. The predicted octanol–water partition coefficient (Wildman–Crippen LogP) is 1.82. The fraction of sp³-hybridized carbons (Fsp3) is 0.222. The van der Waals surface area contributed by atoms with Gasteiger partial charge in [0.15, 0.2) is 0 Å². The molecule has 0 atom stereocenters. The number of hydrogen-bond donors (Lipinski definition) is 0. The van der Waals surface area contributed by atoms with E-state index in [1.807, 2.05) is 17.0 Å². The zero-order chi connectivity index (χ0) is 18.1. The van der Waals surface area contributed by atoms with Crippen LogP contribution in [0.4, 0.5) is 11.6 Å². The van der Waals surface area contributed by atoms with Crippen LogP contribution in [0.1, 0.15) is 0 Å². The van der Waals surface area contributed by atoms with E-state index in [0.29, 0.717) is 43.5 Å². The topological polar surface area (TPSA) is 69.6 Å². The Morgan fingerprint density at radius 3 is 2.15 bits per heavy atom. The SMILES string of the molecule is O=C1C=C(N2CCN(c3ncccn3)CC2)C(=O)N1c1ccc(Br)cc1. The van der Waals surface area contributed by atoms with Gasteiger partial charge in [-0.3, -0.25) is 9.59 Å². The number of halogens is 1. The van der Waals surface area contributed by atoms with Gasteiger partial charge in [0.25, 0.3) is 11.8 Å². The molecule has 2 aliphatic heterocycles. The molecule has 0 saturated carbocycles. The van der Waals surface area contributed by atoms with E-state index in [-0.39, 0.29) is 11.8 Å². The second-order valence-electron chi connectivity index (χ2n) is 6.01. The maximum absolute atomic E-state index is 12.8. The molecule has 3 heterocycles. The molecule has 0 spiro atoms. The molecule has 1 fully saturated rings. The van der Waals surface area contributed by atoms with Gasteiger partial charge >= 0.3 is 0 Å². The minimum absolute atomic E-state index is 0.276. The van der Waals surface area contributed by atoms with Gasteiger partial charge < -0.3 is 9.80 Å². The van der Waals surface area contributed by atoms with Crippen molar-refractivity contribution in [3.05, 3.63) is 59.0 Å². The van der Waals surface area contributed by atoms with Crippen LogP contribution in [0.5, 0.6) is 0 Å². The average Bonchev–Trinajstić information content (AvgIpc) is 2.98. The van der Waals surface area contributed by atoms with Crippen molar-refractivity contribution in [3.63, 3.8) is 0 Å². The van der Waals surface area contributed by atoms with Crippen molar-refractivity contribution >= 4 is 39.4 Å². The fourth-order valence-electron chi connectivity index (χ4n) is 3.12. The summed E-state index contributed by atoms with van der Waals surface area (Å²) >= 11 is 3.36. The van der Waals surface area contributed by atoms with E-state index < -0.39 is 0 Å². The maximum atomic E-state index is 12.8. The highest BCUT2D eigenvalue weighted by Crippen LogP contribution is 2.26. The Hall–Kier alpha value is -2.74. The average molecular weight is 414 g/mol. The van der Waals surface area contributed by atoms with E-state index in [9.17, 15) is 9.59 Å². The smallest absolute Gasteiger partial charge is 0.281 e. The number of carbonyl (C=O) groups excluding carboxylic acids is 2. The van der Waals surface area contributed by atoms with Gasteiger partial charge in [-0.25, -0.2) is 14.9 Å². The molecular weight excluding hydrogens is 398 g/mol. The van der Waals surface area contributed by atoms with E-state index in [1.54, 1.807) is 30.6 Å². The summed E-state index contributed by atoms with van der Waals surface area (Å²) in [6, 6.07) is 8.91. The Morgan fingerprint density at radius 2 is 1.50 bits per heavy atom. The van der Waals surface area contributed by atoms with Gasteiger partial charge in [-0.15, -0.1) is 0 Å². The molecule has 7 nitrogen and oxygen atoms in total. The van der Waals surface area contributed by atoms with E-state index in [0.717, 1.165) is 4.47 Å². The molecule has 8 heteroatoms. The van der Waals surface area contributed by atoms with E-state index in [1.165, 1.54) is 11.0 Å². The summed E-state index contributed by atoms with van der Waals surface area (Å²) in [6.07, 6.45) is 4.86. The van der Waals surface area contributed by atoms with Gasteiger partial charge in [0.1, 0.15) is 5.70 Å². The Balaban J connectivity index is 1.46. The second-order valence-corrected chi connectivity index (χ2v) is 6.92. The zero-order valence-corrected chi connectivity index (χ0v) is 15.5. The number of piperazine rings is 1. The van der Waals surface area contributed by atoms with Crippen LogP contribution in [0.15, 0.2) is 59.0 Å². The molecule has 1 aromatic heterocycles. The van der Waals surface area contributed by atoms with E-state index in [4.69, 9.17) is 0 Å². The summed E-state index contributed by atoms with van der Waals surface area (Å²) in [6.45, 7) is 2.66. The number of nitrogens with zero attached hydrogens (tertiary/aromatic N) is 5. The largest absolute Gasteiger partial charge is 0.363 e. The summed E-state index contributed by atoms with van der Waals surface area (Å²) < 4.78 is 0.896. The number of imide groups is 1. The monoisotopic (exact) mass is 413 g/mol. The quantitative estimate of drug-likeness (QED) is 0.714. The van der Waals surface area contributed by atoms with Gasteiger partial charge in [-0.2, -0.15) is 0 Å². The normalized spacial score (nSPS) is 17.7. The van der Waals surface area contributed by atoms with E-state index in [2.05, 4.69) is 30.8 Å². The van der Waals surface area contributed by atoms with Crippen molar-refractivity contribution in [2.45, 2.75) is 0 Å². The number of amides is 2. The molecule has 0 aliphatic carbocycles. The summed E-state index contributed by atoms with van der Waals surface area (Å²) in [5, 5.41) is 0. The second kappa shape index (κ2) is 6.87. The highest BCUT2D eigenvalue weighted by atomic mass is 79.9. The molecule has 2 aliphatic rings. The molecule has 0 unspecified atom stereocenters. The number of carbonyl (C=O) groups is 2. The molecular formula is C18H16BrN5O2. The van der Waals surface area contributed by atoms with Crippen molar-refractivity contribution in [1.29, 1.82) is 0 Å².